The van der Waals surface area contributed by atoms with Crippen molar-refractivity contribution in [2.24, 2.45) is 35.5 Å². The lowest BCUT2D eigenvalue weighted by molar-refractivity contribution is -0.143. The Morgan fingerprint density at radius 3 is 2.62 bits per heavy atom. The van der Waals surface area contributed by atoms with E-state index in [2.05, 4.69) is 13.8 Å². The van der Waals surface area contributed by atoms with Crippen LogP contribution in [0.4, 0.5) is 0 Å². The number of esters is 1. The van der Waals surface area contributed by atoms with Crippen LogP contribution >= 0.6 is 0 Å². The average Bonchev–Trinajstić information content (AvgIpc) is 2.70. The van der Waals surface area contributed by atoms with Gasteiger partial charge < -0.3 is 4.74 Å². The van der Waals surface area contributed by atoms with E-state index in [1.165, 1.54) is 6.42 Å². The van der Waals surface area contributed by atoms with Gasteiger partial charge in [-0.2, -0.15) is 0 Å². The highest BCUT2D eigenvalue weighted by atomic mass is 16.5. The van der Waals surface area contributed by atoms with Crippen molar-refractivity contribution in [2.75, 3.05) is 6.61 Å². The first-order chi connectivity index (χ1) is 6.20. The molecule has 3 rings (SSSR count). The molecule has 5 unspecified atom stereocenters. The predicted molar refractivity (Wildman–Crippen MR) is 47.9 cm³/mol. The van der Waals surface area contributed by atoms with Crippen LogP contribution in [-0.4, -0.2) is 12.6 Å². The van der Waals surface area contributed by atoms with Crippen molar-refractivity contribution < 1.29 is 9.53 Å². The van der Waals surface area contributed by atoms with Gasteiger partial charge in [-0.15, -0.1) is 0 Å². The van der Waals surface area contributed by atoms with Gasteiger partial charge in [0.2, 0.25) is 0 Å². The quantitative estimate of drug-likeness (QED) is 0.530. The number of rotatable bonds is 0. The molecule has 2 nitrogen and oxygen atoms in total. The third-order valence-corrected chi connectivity index (χ3v) is 4.89. The molecule has 0 aromatic rings. The van der Waals surface area contributed by atoms with E-state index in [0.29, 0.717) is 18.4 Å². The number of hydrogen-bond acceptors (Lipinski definition) is 2. The van der Waals surface area contributed by atoms with Gasteiger partial charge in [0.1, 0.15) is 0 Å². The molecule has 0 aromatic carbocycles. The minimum atomic E-state index is 0.0938. The zero-order valence-electron chi connectivity index (χ0n) is 8.19. The van der Waals surface area contributed by atoms with E-state index < -0.39 is 0 Å². The largest absolute Gasteiger partial charge is 0.465 e. The van der Waals surface area contributed by atoms with Crippen LogP contribution in [0.25, 0.3) is 0 Å². The lowest BCUT2D eigenvalue weighted by Crippen LogP contribution is -2.32. The normalized spacial score (nSPS) is 58.2. The molecule has 3 aliphatic rings. The lowest BCUT2D eigenvalue weighted by atomic mass is 9.71. The molecule has 2 saturated carbocycles. The van der Waals surface area contributed by atoms with Gasteiger partial charge in [-0.3, -0.25) is 4.79 Å². The van der Waals surface area contributed by atoms with E-state index in [0.717, 1.165) is 17.8 Å². The first-order valence-corrected chi connectivity index (χ1v) is 5.37. The summed E-state index contributed by atoms with van der Waals surface area (Å²) in [5.41, 5.74) is 0. The van der Waals surface area contributed by atoms with Crippen molar-refractivity contribution in [3.8, 4) is 0 Å². The highest BCUT2D eigenvalue weighted by molar-refractivity contribution is 5.76. The summed E-state index contributed by atoms with van der Waals surface area (Å²) < 4.78 is 5.16. The average molecular weight is 180 g/mol. The maximum atomic E-state index is 11.5. The predicted octanol–water partition coefficient (Wildman–Crippen LogP) is 1.70. The smallest absolute Gasteiger partial charge is 0.309 e. The van der Waals surface area contributed by atoms with Gasteiger partial charge in [0.25, 0.3) is 0 Å². The Kier molecular flexibility index (Phi) is 1.38. The van der Waals surface area contributed by atoms with Crippen LogP contribution in [0.15, 0.2) is 0 Å². The van der Waals surface area contributed by atoms with E-state index in [-0.39, 0.29) is 11.9 Å². The molecule has 1 saturated heterocycles. The molecule has 0 N–H and O–H groups in total. The molecule has 72 valence electrons. The molecule has 0 aromatic heterocycles. The first-order valence-electron chi connectivity index (χ1n) is 5.37. The Labute approximate surface area is 78.6 Å². The van der Waals surface area contributed by atoms with Crippen LogP contribution < -0.4 is 0 Å². The Bertz CT molecular complexity index is 261. The van der Waals surface area contributed by atoms with Crippen molar-refractivity contribution in [2.45, 2.75) is 20.3 Å². The maximum Gasteiger partial charge on any atom is 0.309 e. The zero-order valence-corrected chi connectivity index (χ0v) is 8.19. The summed E-state index contributed by atoms with van der Waals surface area (Å²) in [5.74, 6) is 3.89. The molecule has 2 aliphatic carbocycles. The molecule has 0 radical (unpaired) electrons. The number of carbonyl (C=O) groups excluding carboxylic acids is 1. The number of fused-ring (bicyclic) bond motifs is 5. The summed E-state index contributed by atoms with van der Waals surface area (Å²) >= 11 is 0. The van der Waals surface area contributed by atoms with Crippen molar-refractivity contribution in [3.63, 3.8) is 0 Å². The molecule has 0 amide bonds. The standard InChI is InChI=1S/C11H16O2/c1-5-6(2)8-3-7(5)9-4-13-11(12)10(8)9/h5-10H,3-4H2,1-2H3/t5-,6?,7?,8?,9?,10?/m0/s1. The topological polar surface area (TPSA) is 26.3 Å². The molecule has 1 aliphatic heterocycles. The minimum Gasteiger partial charge on any atom is -0.465 e. The van der Waals surface area contributed by atoms with E-state index in [4.69, 9.17) is 4.74 Å². The number of carbonyl (C=O) groups is 1. The second-order valence-corrected chi connectivity index (χ2v) is 5.10. The van der Waals surface area contributed by atoms with Crippen LogP contribution in [-0.2, 0) is 9.53 Å². The Hall–Kier alpha value is -0.530. The van der Waals surface area contributed by atoms with Gasteiger partial charge in [-0.1, -0.05) is 13.8 Å². The summed E-state index contributed by atoms with van der Waals surface area (Å²) in [7, 11) is 0. The van der Waals surface area contributed by atoms with Crippen molar-refractivity contribution >= 4 is 5.97 Å². The van der Waals surface area contributed by atoms with Crippen molar-refractivity contribution in [3.05, 3.63) is 0 Å². The van der Waals surface area contributed by atoms with Crippen LogP contribution in [0, 0.1) is 35.5 Å². The monoisotopic (exact) mass is 180 g/mol. The van der Waals surface area contributed by atoms with Gasteiger partial charge in [-0.25, -0.2) is 0 Å². The maximum absolute atomic E-state index is 11.5. The lowest BCUT2D eigenvalue weighted by Gasteiger charge is -2.31. The van der Waals surface area contributed by atoms with Crippen LogP contribution in [0.5, 0.6) is 0 Å². The van der Waals surface area contributed by atoms with Crippen LogP contribution in [0.1, 0.15) is 20.3 Å². The second-order valence-electron chi connectivity index (χ2n) is 5.10. The fourth-order valence-corrected chi connectivity index (χ4v) is 4.00. The number of hydrogen-bond donors (Lipinski definition) is 0. The summed E-state index contributed by atoms with van der Waals surface area (Å²) in [6.45, 7) is 5.35. The molecule has 2 bridgehead atoms. The van der Waals surface area contributed by atoms with Gasteiger partial charge in [0.05, 0.1) is 12.5 Å². The zero-order chi connectivity index (χ0) is 9.16. The number of ether oxygens (including phenoxy) is 1. The molecule has 2 heteroatoms. The highest BCUT2D eigenvalue weighted by Gasteiger charge is 2.60. The molecule has 13 heavy (non-hydrogen) atoms. The first kappa shape index (κ1) is 7.84. The molecular weight excluding hydrogens is 164 g/mol. The summed E-state index contributed by atoms with van der Waals surface area (Å²) in [5, 5.41) is 0. The number of cyclic esters (lactones) is 1. The van der Waals surface area contributed by atoms with E-state index in [1.54, 1.807) is 0 Å². The molecule has 1 heterocycles. The van der Waals surface area contributed by atoms with E-state index in [1.807, 2.05) is 0 Å². The van der Waals surface area contributed by atoms with E-state index >= 15 is 0 Å². The molecular formula is C11H16O2. The van der Waals surface area contributed by atoms with Crippen molar-refractivity contribution in [1.29, 1.82) is 0 Å². The summed E-state index contributed by atoms with van der Waals surface area (Å²) in [4.78, 5) is 11.5. The Balaban J connectivity index is 1.96. The van der Waals surface area contributed by atoms with Gasteiger partial charge in [-0.05, 0) is 30.1 Å². The molecule has 6 atom stereocenters. The highest BCUT2D eigenvalue weighted by Crippen LogP contribution is 2.60. The van der Waals surface area contributed by atoms with Gasteiger partial charge in [0, 0.05) is 5.92 Å². The van der Waals surface area contributed by atoms with Gasteiger partial charge >= 0.3 is 5.97 Å². The minimum absolute atomic E-state index is 0.0938. The van der Waals surface area contributed by atoms with Crippen molar-refractivity contribution in [1.82, 2.24) is 0 Å². The van der Waals surface area contributed by atoms with E-state index in [9.17, 15) is 4.79 Å². The fraction of sp³-hybridized carbons (Fsp3) is 0.909. The van der Waals surface area contributed by atoms with Gasteiger partial charge in [0.15, 0.2) is 0 Å². The van der Waals surface area contributed by atoms with Crippen LogP contribution in [0.3, 0.4) is 0 Å². The fourth-order valence-electron chi connectivity index (χ4n) is 4.00. The third kappa shape index (κ3) is 0.773. The third-order valence-electron chi connectivity index (χ3n) is 4.89. The summed E-state index contributed by atoms with van der Waals surface area (Å²) in [6.07, 6.45) is 1.28. The van der Waals surface area contributed by atoms with Crippen LogP contribution in [0.2, 0.25) is 0 Å². The molecule has 0 spiro atoms. The SMILES string of the molecule is CC1C2CC(C3COC(=O)C23)[C@H]1C. The molecule has 3 fully saturated rings. The summed E-state index contributed by atoms with van der Waals surface area (Å²) in [6, 6.07) is 0. The Morgan fingerprint density at radius 2 is 1.85 bits per heavy atom. The second kappa shape index (κ2) is 2.28. The Morgan fingerprint density at radius 1 is 1.15 bits per heavy atom.